The zero-order valence-corrected chi connectivity index (χ0v) is 42.1. The summed E-state index contributed by atoms with van der Waals surface area (Å²) in [5, 5.41) is 0. The molecule has 0 radical (unpaired) electrons. The summed E-state index contributed by atoms with van der Waals surface area (Å²) in [6.45, 7) is 18.9. The first-order chi connectivity index (χ1) is 27.7. The summed E-state index contributed by atoms with van der Waals surface area (Å²) in [4.78, 5) is 0. The average molecular weight is 908 g/mol. The fourth-order valence-electron chi connectivity index (χ4n) is 13.3. The van der Waals surface area contributed by atoms with Crippen LogP contribution in [0.15, 0.2) is 83.9 Å². The molecule has 2 unspecified atom stereocenters. The first-order valence-electron chi connectivity index (χ1n) is 23.1. The Morgan fingerprint density at radius 3 is 1.26 bits per heavy atom. The molecule has 0 saturated heterocycles. The Morgan fingerprint density at radius 1 is 0.569 bits per heavy atom. The van der Waals surface area contributed by atoms with Gasteiger partial charge >= 0.3 is 364 Å². The summed E-state index contributed by atoms with van der Waals surface area (Å²) in [6, 6.07) is 28.5. The predicted octanol–water partition coefficient (Wildman–Crippen LogP) is 17.3. The zero-order chi connectivity index (χ0) is 41.1. The van der Waals surface area contributed by atoms with Crippen molar-refractivity contribution in [3.8, 4) is 22.3 Å². The molecule has 0 aliphatic heterocycles. The minimum absolute atomic E-state index is 0.113. The van der Waals surface area contributed by atoms with Gasteiger partial charge in [-0.05, 0) is 0 Å². The van der Waals surface area contributed by atoms with Crippen molar-refractivity contribution in [1.29, 1.82) is 0 Å². The summed E-state index contributed by atoms with van der Waals surface area (Å²) in [5.41, 5.74) is 20.2. The number of rotatable bonds is 13. The monoisotopic (exact) mass is 905 g/mol. The topological polar surface area (TPSA) is 0 Å². The fraction of sp³-hybridized carbons (Fsp3) is 0.481. The van der Waals surface area contributed by atoms with Crippen molar-refractivity contribution in [3.05, 3.63) is 128 Å². The Kier molecular flexibility index (Phi) is 12.1. The van der Waals surface area contributed by atoms with E-state index in [2.05, 4.69) is 140 Å². The van der Waals surface area contributed by atoms with Gasteiger partial charge < -0.3 is 0 Å². The van der Waals surface area contributed by atoms with E-state index in [-0.39, 0.29) is 7.25 Å². The van der Waals surface area contributed by atoms with Gasteiger partial charge in [-0.1, -0.05) is 0 Å². The number of hydrogen-bond donors (Lipinski definition) is 0. The van der Waals surface area contributed by atoms with E-state index in [1.807, 2.05) is 0 Å². The third kappa shape index (κ3) is 7.54. The molecule has 4 heteroatoms. The van der Waals surface area contributed by atoms with Crippen molar-refractivity contribution in [2.45, 2.75) is 152 Å². The Bertz CT molecular complexity index is 2070. The summed E-state index contributed by atoms with van der Waals surface area (Å²) in [6.07, 6.45) is 23.4. The number of allylic oxidation sites excluding steroid dienone is 2. The van der Waals surface area contributed by atoms with Crippen LogP contribution in [0.4, 0.5) is 0 Å². The van der Waals surface area contributed by atoms with Crippen LogP contribution >= 0.6 is 17.0 Å². The predicted molar refractivity (Wildman–Crippen MR) is 256 cm³/mol. The van der Waals surface area contributed by atoms with Crippen LogP contribution in [0.5, 0.6) is 0 Å². The normalized spacial score (nSPS) is 21.5. The van der Waals surface area contributed by atoms with Gasteiger partial charge in [-0.3, -0.25) is 0 Å². The van der Waals surface area contributed by atoms with Crippen molar-refractivity contribution < 1.29 is 15.6 Å². The second kappa shape index (κ2) is 16.4. The van der Waals surface area contributed by atoms with E-state index in [9.17, 15) is 17.0 Å². The van der Waals surface area contributed by atoms with Crippen molar-refractivity contribution >= 4 is 35.1 Å². The van der Waals surface area contributed by atoms with E-state index < -0.39 is 21.5 Å². The van der Waals surface area contributed by atoms with Crippen molar-refractivity contribution in [1.82, 2.24) is 0 Å². The van der Waals surface area contributed by atoms with Gasteiger partial charge in [0.1, 0.15) is 0 Å². The van der Waals surface area contributed by atoms with Crippen LogP contribution in [-0.2, 0) is 15.6 Å². The number of benzene rings is 4. The molecule has 58 heavy (non-hydrogen) atoms. The quantitative estimate of drug-likeness (QED) is 0.117. The Hall–Kier alpha value is -1.96. The third-order valence-electron chi connectivity index (χ3n) is 15.6. The molecule has 0 N–H and O–H groups in total. The van der Waals surface area contributed by atoms with Crippen LogP contribution in [0.2, 0.25) is 13.1 Å². The molecule has 0 bridgehead atoms. The Balaban J connectivity index is 1.38. The molecule has 2 saturated carbocycles. The third-order valence-corrected chi connectivity index (χ3v) is 67.5. The molecule has 4 aromatic rings. The van der Waals surface area contributed by atoms with Crippen molar-refractivity contribution in [2.75, 3.05) is 0 Å². The molecule has 0 spiro atoms. The maximum absolute atomic E-state index is 9.26. The summed E-state index contributed by atoms with van der Waals surface area (Å²) < 4.78 is 0.225. The summed E-state index contributed by atoms with van der Waals surface area (Å²) in [7, 11) is 18.5. The molecule has 0 heterocycles. The molecule has 2 atom stereocenters. The first-order valence-corrected chi connectivity index (χ1v) is 39.4. The van der Waals surface area contributed by atoms with Crippen LogP contribution in [0.1, 0.15) is 155 Å². The molecule has 4 aliphatic carbocycles. The van der Waals surface area contributed by atoms with E-state index in [0.29, 0.717) is 10.8 Å². The van der Waals surface area contributed by atoms with Crippen LogP contribution in [-0.4, -0.2) is 5.92 Å². The molecule has 0 aromatic heterocycles. The van der Waals surface area contributed by atoms with Crippen LogP contribution in [0, 0.1) is 38.5 Å². The number of fused-ring (bicyclic) bond motifs is 2. The number of hydrogen-bond acceptors (Lipinski definition) is 0. The summed E-state index contributed by atoms with van der Waals surface area (Å²) in [5.74, 6) is -1.74. The minimum atomic E-state index is -5.09. The van der Waals surface area contributed by atoms with E-state index in [0.717, 1.165) is 12.8 Å². The maximum atomic E-state index is 9.26. The van der Waals surface area contributed by atoms with E-state index in [1.54, 1.807) is 11.1 Å². The average Bonchev–Trinajstić information content (AvgIpc) is 3.97. The van der Waals surface area contributed by atoms with Crippen LogP contribution in [0.25, 0.3) is 34.4 Å². The van der Waals surface area contributed by atoms with Crippen LogP contribution in [0.3, 0.4) is 0 Å². The van der Waals surface area contributed by atoms with Gasteiger partial charge in [0.15, 0.2) is 0 Å². The van der Waals surface area contributed by atoms with E-state index in [4.69, 9.17) is 0 Å². The molecule has 2 fully saturated rings. The van der Waals surface area contributed by atoms with E-state index >= 15 is 0 Å². The van der Waals surface area contributed by atoms with Crippen molar-refractivity contribution in [2.24, 2.45) is 10.8 Å². The fourth-order valence-corrected chi connectivity index (χ4v) is 44.6. The van der Waals surface area contributed by atoms with Gasteiger partial charge in [0, 0.05) is 0 Å². The first kappa shape index (κ1) is 42.7. The molecule has 307 valence electrons. The van der Waals surface area contributed by atoms with Gasteiger partial charge in [0.2, 0.25) is 0 Å². The Morgan fingerprint density at radius 2 is 0.931 bits per heavy atom. The van der Waals surface area contributed by atoms with Crippen LogP contribution < -0.4 is 0 Å². The van der Waals surface area contributed by atoms with Gasteiger partial charge in [-0.15, -0.1) is 0 Å². The van der Waals surface area contributed by atoms with Gasteiger partial charge in [-0.2, -0.15) is 0 Å². The molecular formula is C54H69Cl2SiZr. The summed E-state index contributed by atoms with van der Waals surface area (Å²) >= 11 is -5.09. The zero-order valence-electron chi connectivity index (χ0n) is 37.0. The second-order valence-corrected chi connectivity index (χ2v) is 62.8. The number of halogens is 2. The van der Waals surface area contributed by atoms with Gasteiger partial charge in [0.05, 0.1) is 0 Å². The molecule has 0 nitrogen and oxygen atoms in total. The van der Waals surface area contributed by atoms with Crippen molar-refractivity contribution in [3.63, 3.8) is 0 Å². The SMILES string of the molecule is CCCC1(CC2=Cc3c(-c4cc(C)cc(C)c4)cccc3[CH]2[Zr]([Cl])([Cl])([CH]2C(CC3(CCC)CCCC3)=Cc3c(-c4cc(C)cc(C)c4)cccc32)[SiH](C)C)CCCC1. The second-order valence-electron chi connectivity index (χ2n) is 20.3. The standard InChI is InChI=1S/2C26H31.C2H7Si.2ClH.Zr/c2*1-4-10-26(11-5-6-12-26)18-21-16-22-8-7-9-24(25(22)17-21)23-14-19(2)13-20(3)15-23;1-3-2;;;/h2*7-9,13-17H,4-6,10-12,18H2,1-3H3;3H,1-2H3;2*1H;/q;;;;;+2/p-2. The number of aryl methyl sites for hydroxylation is 4. The Labute approximate surface area is 361 Å². The molecular weight excluding hydrogens is 839 g/mol. The molecule has 8 rings (SSSR count). The van der Waals surface area contributed by atoms with Gasteiger partial charge in [-0.25, -0.2) is 0 Å². The molecule has 0 amide bonds. The van der Waals surface area contributed by atoms with E-state index in [1.165, 1.54) is 144 Å². The molecule has 4 aromatic carbocycles. The molecule has 4 aliphatic rings. The van der Waals surface area contributed by atoms with Gasteiger partial charge in [0.25, 0.3) is 0 Å².